The minimum atomic E-state index is -0.741. The van der Waals surface area contributed by atoms with Gasteiger partial charge >= 0.3 is 5.97 Å². The van der Waals surface area contributed by atoms with E-state index in [1.54, 1.807) is 0 Å². The van der Waals surface area contributed by atoms with Crippen molar-refractivity contribution in [3.8, 4) is 0 Å². The summed E-state index contributed by atoms with van der Waals surface area (Å²) in [6.45, 7) is 12.4. The molecule has 8 nitrogen and oxygen atoms in total. The summed E-state index contributed by atoms with van der Waals surface area (Å²) >= 11 is 0. The van der Waals surface area contributed by atoms with E-state index in [4.69, 9.17) is 4.74 Å². The molecule has 1 aromatic carbocycles. The molecule has 0 spiro atoms. The van der Waals surface area contributed by atoms with Crippen LogP contribution in [-0.4, -0.2) is 73.3 Å². The quantitative estimate of drug-likeness (QED) is 0.204. The minimum absolute atomic E-state index is 0.152. The first kappa shape index (κ1) is 25.1. The lowest BCUT2D eigenvalue weighted by atomic mass is 9.97. The third kappa shape index (κ3) is 9.65. The highest BCUT2D eigenvalue weighted by atomic mass is 16.9. The maximum atomic E-state index is 12.4. The zero-order valence-electron chi connectivity index (χ0n) is 19.1. The lowest BCUT2D eigenvalue weighted by Gasteiger charge is -2.34. The van der Waals surface area contributed by atoms with Gasteiger partial charge in [-0.2, -0.15) is 0 Å². The summed E-state index contributed by atoms with van der Waals surface area (Å²) in [6.07, 6.45) is 2.53. The van der Waals surface area contributed by atoms with E-state index >= 15 is 0 Å². The number of hydrogen-bond donors (Lipinski definition) is 0. The van der Waals surface area contributed by atoms with Gasteiger partial charge in [-0.15, -0.1) is 10.1 Å². The van der Waals surface area contributed by atoms with E-state index < -0.39 is 5.09 Å². The number of carbonyl (C=O) groups is 1. The van der Waals surface area contributed by atoms with Crippen molar-refractivity contribution in [1.82, 2.24) is 9.80 Å². The minimum Gasteiger partial charge on any atom is -0.465 e. The van der Waals surface area contributed by atoms with Crippen LogP contribution in [0, 0.1) is 16.0 Å². The number of piperazine rings is 1. The molecular weight excluding hydrogens is 398 g/mol. The van der Waals surface area contributed by atoms with Crippen molar-refractivity contribution in [2.45, 2.75) is 46.0 Å². The molecule has 174 valence electrons. The van der Waals surface area contributed by atoms with Crippen LogP contribution >= 0.6 is 0 Å². The van der Waals surface area contributed by atoms with E-state index in [2.05, 4.69) is 40.6 Å². The predicted octanol–water partition coefficient (Wildman–Crippen LogP) is 3.14. The monoisotopic (exact) mass is 435 g/mol. The number of ether oxygens (including phenoxy) is 1. The maximum absolute atomic E-state index is 12.4. The number of rotatable bonds is 13. The Morgan fingerprint density at radius 2 is 1.55 bits per heavy atom. The lowest BCUT2D eigenvalue weighted by molar-refractivity contribution is -0.757. The summed E-state index contributed by atoms with van der Waals surface area (Å²) in [4.78, 5) is 31.5. The zero-order chi connectivity index (χ0) is 22.6. The summed E-state index contributed by atoms with van der Waals surface area (Å²) in [7, 11) is 0. The molecule has 0 aromatic heterocycles. The molecule has 1 aliphatic heterocycles. The first-order valence-corrected chi connectivity index (χ1v) is 11.3. The molecule has 1 aliphatic rings. The smallest absolute Gasteiger partial charge is 0.313 e. The van der Waals surface area contributed by atoms with Crippen molar-refractivity contribution >= 4 is 5.97 Å². The number of nitrogens with zero attached hydrogens (tertiary/aromatic N) is 3. The second kappa shape index (κ2) is 13.3. The second-order valence-corrected chi connectivity index (χ2v) is 8.68. The van der Waals surface area contributed by atoms with Gasteiger partial charge in [0.1, 0.15) is 0 Å². The Kier molecular flexibility index (Phi) is 10.7. The average Bonchev–Trinajstić information content (AvgIpc) is 2.74. The number of esters is 1. The Morgan fingerprint density at radius 3 is 2.06 bits per heavy atom. The topological polar surface area (TPSA) is 85.2 Å². The van der Waals surface area contributed by atoms with Crippen LogP contribution in [0.4, 0.5) is 0 Å². The molecule has 0 bridgehead atoms. The van der Waals surface area contributed by atoms with Crippen molar-refractivity contribution < 1.29 is 19.5 Å². The van der Waals surface area contributed by atoms with Gasteiger partial charge in [-0.25, -0.2) is 0 Å². The summed E-state index contributed by atoms with van der Waals surface area (Å²) < 4.78 is 5.51. The van der Waals surface area contributed by atoms with Crippen molar-refractivity contribution in [2.75, 3.05) is 52.5 Å². The van der Waals surface area contributed by atoms with E-state index in [0.717, 1.165) is 57.7 Å². The van der Waals surface area contributed by atoms with Crippen LogP contribution in [0.2, 0.25) is 0 Å². The molecule has 2 rings (SSSR count). The molecule has 1 aromatic rings. The van der Waals surface area contributed by atoms with Gasteiger partial charge in [0.05, 0.1) is 19.1 Å². The zero-order valence-corrected chi connectivity index (χ0v) is 19.1. The first-order valence-electron chi connectivity index (χ1n) is 11.3. The number of benzene rings is 1. The molecule has 1 heterocycles. The fourth-order valence-electron chi connectivity index (χ4n) is 3.80. The van der Waals surface area contributed by atoms with Crippen LogP contribution < -0.4 is 0 Å². The molecule has 1 atom stereocenters. The van der Waals surface area contributed by atoms with Gasteiger partial charge in [-0.3, -0.25) is 4.79 Å². The van der Waals surface area contributed by atoms with E-state index in [1.165, 1.54) is 5.56 Å². The third-order valence-corrected chi connectivity index (χ3v) is 5.62. The Hall–Kier alpha value is -2.19. The number of carbonyl (C=O) groups excluding carboxylic acids is 1. The van der Waals surface area contributed by atoms with Gasteiger partial charge in [-0.1, -0.05) is 38.1 Å². The van der Waals surface area contributed by atoms with Crippen LogP contribution in [-0.2, 0) is 20.8 Å². The van der Waals surface area contributed by atoms with Gasteiger partial charge in [0, 0.05) is 39.3 Å². The molecule has 1 unspecified atom stereocenters. The second-order valence-electron chi connectivity index (χ2n) is 8.68. The molecular formula is C23H37N3O5. The van der Waals surface area contributed by atoms with Crippen molar-refractivity contribution in [1.29, 1.82) is 0 Å². The molecule has 0 amide bonds. The maximum Gasteiger partial charge on any atom is 0.313 e. The third-order valence-electron chi connectivity index (χ3n) is 5.62. The number of hydrogen-bond acceptors (Lipinski definition) is 7. The summed E-state index contributed by atoms with van der Waals surface area (Å²) in [5.41, 5.74) is 2.29. The Morgan fingerprint density at radius 1 is 1.00 bits per heavy atom. The van der Waals surface area contributed by atoms with Crippen LogP contribution in [0.5, 0.6) is 0 Å². The summed E-state index contributed by atoms with van der Waals surface area (Å²) in [6, 6.07) is 8.28. The van der Waals surface area contributed by atoms with Gasteiger partial charge in [0.25, 0.3) is 5.09 Å². The van der Waals surface area contributed by atoms with Crippen LogP contribution in [0.15, 0.2) is 24.3 Å². The van der Waals surface area contributed by atoms with Crippen molar-refractivity contribution in [2.24, 2.45) is 5.92 Å². The molecule has 0 radical (unpaired) electrons. The van der Waals surface area contributed by atoms with Crippen LogP contribution in [0.3, 0.4) is 0 Å². The lowest BCUT2D eigenvalue weighted by Crippen LogP contribution is -2.47. The standard InChI is InChI=1S/C23H37N3O5/c1-19(2)18-21-6-8-22(9-7-21)20(3)23(27)30-16-4-10-24-12-14-25(15-13-24)11-5-17-31-26(28)29/h6-9,19-20H,4-5,10-18H2,1-3H3. The predicted molar refractivity (Wildman–Crippen MR) is 119 cm³/mol. The fraction of sp³-hybridized carbons (Fsp3) is 0.696. The van der Waals surface area contributed by atoms with Gasteiger partial charge < -0.3 is 19.4 Å². The SMILES string of the molecule is CC(C)Cc1ccc(C(C)C(=O)OCCCN2CCN(CCCO[N+](=O)[O-])CC2)cc1. The van der Waals surface area contributed by atoms with Gasteiger partial charge in [0.15, 0.2) is 0 Å². The first-order chi connectivity index (χ1) is 14.8. The van der Waals surface area contributed by atoms with Crippen LogP contribution in [0.25, 0.3) is 0 Å². The molecule has 0 saturated carbocycles. The Bertz CT molecular complexity index is 672. The average molecular weight is 436 g/mol. The molecule has 31 heavy (non-hydrogen) atoms. The normalized spacial score (nSPS) is 16.3. The highest BCUT2D eigenvalue weighted by molar-refractivity contribution is 5.77. The largest absolute Gasteiger partial charge is 0.465 e. The Labute approximate surface area is 185 Å². The van der Waals surface area contributed by atoms with E-state index in [0.29, 0.717) is 18.9 Å². The highest BCUT2D eigenvalue weighted by Gasteiger charge is 2.18. The molecule has 1 fully saturated rings. The van der Waals surface area contributed by atoms with Crippen LogP contribution in [0.1, 0.15) is 50.7 Å². The molecule has 0 N–H and O–H groups in total. The van der Waals surface area contributed by atoms with Crippen molar-refractivity contribution in [3.63, 3.8) is 0 Å². The Balaban J connectivity index is 1.58. The van der Waals surface area contributed by atoms with E-state index in [9.17, 15) is 14.9 Å². The van der Waals surface area contributed by atoms with E-state index in [-0.39, 0.29) is 18.5 Å². The van der Waals surface area contributed by atoms with Gasteiger partial charge in [0.2, 0.25) is 0 Å². The molecule has 1 saturated heterocycles. The van der Waals surface area contributed by atoms with Gasteiger partial charge in [-0.05, 0) is 43.2 Å². The highest BCUT2D eigenvalue weighted by Crippen LogP contribution is 2.19. The summed E-state index contributed by atoms with van der Waals surface area (Å²) in [5, 5.41) is 9.40. The van der Waals surface area contributed by atoms with Crippen molar-refractivity contribution in [3.05, 3.63) is 45.5 Å². The fourth-order valence-corrected chi connectivity index (χ4v) is 3.80. The molecule has 0 aliphatic carbocycles. The molecule has 8 heteroatoms. The van der Waals surface area contributed by atoms with E-state index in [1.807, 2.05) is 19.1 Å². The summed E-state index contributed by atoms with van der Waals surface area (Å²) in [5.74, 6) is 0.195.